The molecule has 3 nitrogen and oxygen atoms in total. The quantitative estimate of drug-likeness (QED) is 0.846. The van der Waals surface area contributed by atoms with Crippen LogP contribution in [-0.2, 0) is 0 Å². The number of piperidine rings is 1. The number of likely N-dealkylation sites (tertiary alicyclic amines) is 1. The Kier molecular flexibility index (Phi) is 4.81. The van der Waals surface area contributed by atoms with Gasteiger partial charge in [-0.15, -0.1) is 0 Å². The third-order valence-corrected chi connectivity index (χ3v) is 4.36. The lowest BCUT2D eigenvalue weighted by Gasteiger charge is -2.38. The van der Waals surface area contributed by atoms with Crippen molar-refractivity contribution in [1.29, 1.82) is 0 Å². The van der Waals surface area contributed by atoms with E-state index in [0.717, 1.165) is 37.1 Å². The van der Waals surface area contributed by atoms with E-state index in [1.54, 1.807) is 0 Å². The zero-order chi connectivity index (χ0) is 14.7. The van der Waals surface area contributed by atoms with Crippen molar-refractivity contribution in [1.82, 2.24) is 9.80 Å². The molecule has 0 N–H and O–H groups in total. The fraction of sp³-hybridized carbons (Fsp3) is 0.588. The number of nitrogens with zero attached hydrogens (tertiary/aromatic N) is 2. The van der Waals surface area contributed by atoms with E-state index < -0.39 is 0 Å². The van der Waals surface area contributed by atoms with Crippen molar-refractivity contribution in [2.45, 2.75) is 45.7 Å². The number of carbonyl (C=O) groups excluding carboxylic acids is 1. The summed E-state index contributed by atoms with van der Waals surface area (Å²) in [6.45, 7) is 8.68. The van der Waals surface area contributed by atoms with Crippen molar-refractivity contribution >= 4 is 5.91 Å². The van der Waals surface area contributed by atoms with Crippen LogP contribution >= 0.6 is 0 Å². The van der Waals surface area contributed by atoms with Gasteiger partial charge in [0, 0.05) is 37.8 Å². The van der Waals surface area contributed by atoms with Gasteiger partial charge in [-0.25, -0.2) is 0 Å². The molecule has 1 aliphatic rings. The molecule has 1 saturated heterocycles. The van der Waals surface area contributed by atoms with Gasteiger partial charge in [0.05, 0.1) is 0 Å². The second-order valence-corrected chi connectivity index (χ2v) is 6.15. The molecule has 0 bridgehead atoms. The Labute approximate surface area is 122 Å². The number of amides is 1. The van der Waals surface area contributed by atoms with Gasteiger partial charge in [0.15, 0.2) is 0 Å². The summed E-state index contributed by atoms with van der Waals surface area (Å²) in [6.07, 6.45) is 2.15. The first-order chi connectivity index (χ1) is 9.49. The van der Waals surface area contributed by atoms with Crippen LogP contribution in [0.3, 0.4) is 0 Å². The van der Waals surface area contributed by atoms with Crippen LogP contribution in [0.4, 0.5) is 0 Å². The summed E-state index contributed by atoms with van der Waals surface area (Å²) in [6, 6.07) is 8.85. The molecule has 0 atom stereocenters. The highest BCUT2D eigenvalue weighted by atomic mass is 16.2. The van der Waals surface area contributed by atoms with Gasteiger partial charge in [-0.1, -0.05) is 17.7 Å². The minimum Gasteiger partial charge on any atom is -0.339 e. The van der Waals surface area contributed by atoms with Crippen LogP contribution in [0.1, 0.15) is 42.6 Å². The fourth-order valence-electron chi connectivity index (χ4n) is 2.94. The Morgan fingerprint density at radius 3 is 2.50 bits per heavy atom. The van der Waals surface area contributed by atoms with E-state index in [-0.39, 0.29) is 5.91 Å². The van der Waals surface area contributed by atoms with Gasteiger partial charge in [0.1, 0.15) is 0 Å². The first kappa shape index (κ1) is 15.0. The molecular weight excluding hydrogens is 248 g/mol. The van der Waals surface area contributed by atoms with Crippen LogP contribution in [-0.4, -0.2) is 47.9 Å². The summed E-state index contributed by atoms with van der Waals surface area (Å²) in [5.74, 6) is 0.150. The molecule has 2 rings (SSSR count). The molecule has 20 heavy (non-hydrogen) atoms. The van der Waals surface area contributed by atoms with E-state index in [2.05, 4.69) is 18.7 Å². The molecule has 0 saturated carbocycles. The molecule has 1 heterocycles. The minimum absolute atomic E-state index is 0.150. The maximum Gasteiger partial charge on any atom is 0.253 e. The van der Waals surface area contributed by atoms with E-state index in [4.69, 9.17) is 0 Å². The molecule has 0 radical (unpaired) electrons. The lowest BCUT2D eigenvalue weighted by Crippen LogP contribution is -2.47. The number of rotatable bonds is 3. The minimum atomic E-state index is 0.150. The van der Waals surface area contributed by atoms with E-state index in [1.165, 1.54) is 0 Å². The van der Waals surface area contributed by atoms with Gasteiger partial charge in [0.2, 0.25) is 0 Å². The van der Waals surface area contributed by atoms with E-state index in [9.17, 15) is 4.79 Å². The van der Waals surface area contributed by atoms with E-state index in [0.29, 0.717) is 12.1 Å². The highest BCUT2D eigenvalue weighted by Crippen LogP contribution is 2.19. The molecule has 1 aliphatic heterocycles. The maximum absolute atomic E-state index is 12.5. The Morgan fingerprint density at radius 2 is 1.95 bits per heavy atom. The topological polar surface area (TPSA) is 23.6 Å². The second-order valence-electron chi connectivity index (χ2n) is 6.15. The Bertz CT molecular complexity index is 462. The normalized spacial score (nSPS) is 17.4. The lowest BCUT2D eigenvalue weighted by atomic mass is 10.0. The van der Waals surface area contributed by atoms with Gasteiger partial charge in [0.25, 0.3) is 5.91 Å². The van der Waals surface area contributed by atoms with Crippen molar-refractivity contribution in [2.75, 3.05) is 20.1 Å². The number of carbonyl (C=O) groups is 1. The van der Waals surface area contributed by atoms with Crippen molar-refractivity contribution in [2.24, 2.45) is 0 Å². The van der Waals surface area contributed by atoms with Crippen LogP contribution < -0.4 is 0 Å². The van der Waals surface area contributed by atoms with Crippen LogP contribution in [0.15, 0.2) is 24.3 Å². The average molecular weight is 274 g/mol. The van der Waals surface area contributed by atoms with E-state index >= 15 is 0 Å². The molecule has 0 spiro atoms. The molecular formula is C17H26N2O. The first-order valence-electron chi connectivity index (χ1n) is 7.57. The molecule has 1 aromatic carbocycles. The molecule has 0 aromatic heterocycles. The molecule has 110 valence electrons. The number of hydrogen-bond acceptors (Lipinski definition) is 2. The Hall–Kier alpha value is -1.35. The van der Waals surface area contributed by atoms with Crippen molar-refractivity contribution in [3.63, 3.8) is 0 Å². The van der Waals surface area contributed by atoms with Crippen molar-refractivity contribution < 1.29 is 4.79 Å². The van der Waals surface area contributed by atoms with Crippen molar-refractivity contribution in [3.05, 3.63) is 35.4 Å². The summed E-state index contributed by atoms with van der Waals surface area (Å²) >= 11 is 0. The Balaban J connectivity index is 1.98. The predicted octanol–water partition coefficient (Wildman–Crippen LogP) is 2.94. The molecule has 1 amide bonds. The van der Waals surface area contributed by atoms with Crippen LogP contribution in [0, 0.1) is 6.92 Å². The highest BCUT2D eigenvalue weighted by Gasteiger charge is 2.26. The molecule has 0 aliphatic carbocycles. The zero-order valence-electron chi connectivity index (χ0n) is 13.1. The summed E-state index contributed by atoms with van der Waals surface area (Å²) < 4.78 is 0. The predicted molar refractivity (Wildman–Crippen MR) is 83.0 cm³/mol. The lowest BCUT2D eigenvalue weighted by molar-refractivity contribution is 0.0615. The number of hydrogen-bond donors (Lipinski definition) is 0. The monoisotopic (exact) mass is 274 g/mol. The SMILES string of the molecule is Cc1cccc(C(=O)N(C)C2CCN(C(C)C)CC2)c1. The van der Waals surface area contributed by atoms with Gasteiger partial charge in [-0.3, -0.25) is 4.79 Å². The fourth-order valence-corrected chi connectivity index (χ4v) is 2.94. The average Bonchev–Trinajstić information content (AvgIpc) is 2.46. The summed E-state index contributed by atoms with van der Waals surface area (Å²) in [7, 11) is 1.94. The van der Waals surface area contributed by atoms with Gasteiger partial charge < -0.3 is 9.80 Å². The maximum atomic E-state index is 12.5. The standard InChI is InChI=1S/C17H26N2O/c1-13(2)19-10-8-16(9-11-19)18(4)17(20)15-7-5-6-14(3)12-15/h5-7,12-13,16H,8-11H2,1-4H3. The number of aryl methyl sites for hydroxylation is 1. The summed E-state index contributed by atoms with van der Waals surface area (Å²) in [4.78, 5) is 16.9. The van der Waals surface area contributed by atoms with Gasteiger partial charge >= 0.3 is 0 Å². The molecule has 3 heteroatoms. The largest absolute Gasteiger partial charge is 0.339 e. The van der Waals surface area contributed by atoms with Gasteiger partial charge in [-0.05, 0) is 45.7 Å². The van der Waals surface area contributed by atoms with Crippen LogP contribution in [0.25, 0.3) is 0 Å². The highest BCUT2D eigenvalue weighted by molar-refractivity contribution is 5.94. The second kappa shape index (κ2) is 6.40. The number of benzene rings is 1. The van der Waals surface area contributed by atoms with Crippen LogP contribution in [0.5, 0.6) is 0 Å². The Morgan fingerprint density at radius 1 is 1.30 bits per heavy atom. The van der Waals surface area contributed by atoms with Gasteiger partial charge in [-0.2, -0.15) is 0 Å². The third kappa shape index (κ3) is 3.40. The summed E-state index contributed by atoms with van der Waals surface area (Å²) in [5, 5.41) is 0. The van der Waals surface area contributed by atoms with Crippen LogP contribution in [0.2, 0.25) is 0 Å². The zero-order valence-corrected chi connectivity index (χ0v) is 13.1. The first-order valence-corrected chi connectivity index (χ1v) is 7.57. The molecule has 0 unspecified atom stereocenters. The third-order valence-electron chi connectivity index (χ3n) is 4.36. The van der Waals surface area contributed by atoms with E-state index in [1.807, 2.05) is 43.1 Å². The smallest absolute Gasteiger partial charge is 0.253 e. The summed E-state index contributed by atoms with van der Waals surface area (Å²) in [5.41, 5.74) is 1.94. The molecule has 1 aromatic rings. The van der Waals surface area contributed by atoms with Crippen molar-refractivity contribution in [3.8, 4) is 0 Å². The molecule has 1 fully saturated rings.